The van der Waals surface area contributed by atoms with Gasteiger partial charge in [-0.3, -0.25) is 9.69 Å². The molecule has 2 aliphatic rings. The Morgan fingerprint density at radius 2 is 1.79 bits per heavy atom. The first-order chi connectivity index (χ1) is 14.1. The number of nitrogens with zero attached hydrogens (tertiary/aromatic N) is 3. The summed E-state index contributed by atoms with van der Waals surface area (Å²) in [5.41, 5.74) is 1.85. The van der Waals surface area contributed by atoms with Crippen LogP contribution in [0.15, 0.2) is 47.4 Å². The molecule has 0 atom stereocenters. The van der Waals surface area contributed by atoms with Crippen LogP contribution in [0, 0.1) is 5.82 Å². The number of piperazine rings is 1. The molecule has 0 saturated carbocycles. The van der Waals surface area contributed by atoms with Crippen molar-refractivity contribution in [3.8, 4) is 5.75 Å². The van der Waals surface area contributed by atoms with Crippen molar-refractivity contribution >= 4 is 23.4 Å². The lowest BCUT2D eigenvalue weighted by atomic mass is 10.1. The molecule has 0 spiro atoms. The summed E-state index contributed by atoms with van der Waals surface area (Å²) in [5.74, 6) is 0.694. The fraction of sp³-hybridized carbons (Fsp3) is 0.409. The Morgan fingerprint density at radius 3 is 2.52 bits per heavy atom. The number of methoxy groups -OCH3 is 1. The van der Waals surface area contributed by atoms with Crippen molar-refractivity contribution in [1.29, 1.82) is 0 Å². The van der Waals surface area contributed by atoms with Crippen molar-refractivity contribution in [2.45, 2.75) is 11.3 Å². The number of rotatable bonds is 6. The van der Waals surface area contributed by atoms with Crippen LogP contribution in [0.1, 0.15) is 16.8 Å². The number of ether oxygens (including phenoxy) is 1. The third-order valence-corrected chi connectivity index (χ3v) is 6.60. The second kappa shape index (κ2) is 9.15. The Morgan fingerprint density at radius 1 is 1.03 bits per heavy atom. The molecule has 0 radical (unpaired) electrons. The molecule has 2 aliphatic heterocycles. The molecule has 7 heteroatoms. The van der Waals surface area contributed by atoms with Crippen molar-refractivity contribution < 1.29 is 13.9 Å². The molecular weight excluding hydrogens is 389 g/mol. The maximum atomic E-state index is 13.1. The molecule has 154 valence electrons. The first-order valence-corrected chi connectivity index (χ1v) is 10.8. The number of ketones is 1. The van der Waals surface area contributed by atoms with Gasteiger partial charge < -0.3 is 9.64 Å². The zero-order chi connectivity index (χ0) is 20.2. The lowest BCUT2D eigenvalue weighted by molar-refractivity contribution is 0.0960. The van der Waals surface area contributed by atoms with Gasteiger partial charge in [-0.25, -0.2) is 8.70 Å². The second-order valence-electron chi connectivity index (χ2n) is 7.40. The van der Waals surface area contributed by atoms with E-state index in [4.69, 9.17) is 4.74 Å². The van der Waals surface area contributed by atoms with Gasteiger partial charge in [0.15, 0.2) is 5.78 Å². The van der Waals surface area contributed by atoms with E-state index in [1.165, 1.54) is 12.1 Å². The highest BCUT2D eigenvalue weighted by Crippen LogP contribution is 2.34. The number of benzene rings is 2. The van der Waals surface area contributed by atoms with E-state index in [0.717, 1.165) is 67.6 Å². The summed E-state index contributed by atoms with van der Waals surface area (Å²) in [6.45, 7) is 6.29. The topological polar surface area (TPSA) is 36.0 Å². The third-order valence-electron chi connectivity index (χ3n) is 5.48. The predicted molar refractivity (Wildman–Crippen MR) is 114 cm³/mol. The van der Waals surface area contributed by atoms with E-state index in [-0.39, 0.29) is 11.6 Å². The van der Waals surface area contributed by atoms with E-state index >= 15 is 0 Å². The third kappa shape index (κ3) is 4.91. The number of hydrogen-bond acceptors (Lipinski definition) is 6. The fourth-order valence-electron chi connectivity index (χ4n) is 3.83. The molecule has 0 amide bonds. The molecule has 0 bridgehead atoms. The van der Waals surface area contributed by atoms with Crippen molar-refractivity contribution in [3.05, 3.63) is 53.8 Å². The molecule has 5 nitrogen and oxygen atoms in total. The fourth-order valence-corrected chi connectivity index (χ4v) is 4.91. The first kappa shape index (κ1) is 20.2. The molecule has 0 aromatic heterocycles. The quantitative estimate of drug-likeness (QED) is 0.672. The van der Waals surface area contributed by atoms with Crippen molar-refractivity contribution in [2.75, 3.05) is 57.8 Å². The summed E-state index contributed by atoms with van der Waals surface area (Å²) in [5, 5.41) is 0. The number of halogens is 1. The maximum absolute atomic E-state index is 13.1. The van der Waals surface area contributed by atoms with E-state index in [2.05, 4.69) is 14.1 Å². The maximum Gasteiger partial charge on any atom is 0.179 e. The highest BCUT2D eigenvalue weighted by molar-refractivity contribution is 7.97. The van der Waals surface area contributed by atoms with Crippen LogP contribution in [0.2, 0.25) is 0 Å². The van der Waals surface area contributed by atoms with Gasteiger partial charge in [0.1, 0.15) is 11.6 Å². The summed E-state index contributed by atoms with van der Waals surface area (Å²) in [6, 6.07) is 12.5. The minimum absolute atomic E-state index is 0.158. The average Bonchev–Trinajstić information content (AvgIpc) is 2.75. The molecule has 0 N–H and O–H groups in total. The molecule has 29 heavy (non-hydrogen) atoms. The van der Waals surface area contributed by atoms with Crippen LogP contribution in [0.25, 0.3) is 0 Å². The van der Waals surface area contributed by atoms with Gasteiger partial charge in [0.25, 0.3) is 0 Å². The van der Waals surface area contributed by atoms with Crippen LogP contribution in [0.5, 0.6) is 5.75 Å². The van der Waals surface area contributed by atoms with E-state index in [1.807, 2.05) is 30.3 Å². The van der Waals surface area contributed by atoms with Crippen LogP contribution in [0.4, 0.5) is 10.1 Å². The molecule has 1 fully saturated rings. The van der Waals surface area contributed by atoms with Gasteiger partial charge in [-0.05, 0) is 67.4 Å². The molecule has 2 heterocycles. The van der Waals surface area contributed by atoms with Crippen LogP contribution >= 0.6 is 11.9 Å². The molecule has 0 aliphatic carbocycles. The first-order valence-electron chi connectivity index (χ1n) is 9.99. The van der Waals surface area contributed by atoms with E-state index in [1.54, 1.807) is 19.1 Å². The number of carbonyl (C=O) groups excluding carboxylic acids is 1. The standard InChI is InChI=1S/C22H26FN3O2S/c1-28-19-7-8-22-20(15-19)21(27)16-26(29-22)10-2-9-24-11-13-25(14-12-24)18-5-3-17(23)4-6-18/h3-8,15H,2,9-14,16H2,1H3. The lowest BCUT2D eigenvalue weighted by Gasteiger charge is -2.36. The van der Waals surface area contributed by atoms with E-state index in [0.29, 0.717) is 6.54 Å². The highest BCUT2D eigenvalue weighted by atomic mass is 32.2. The molecule has 2 aromatic carbocycles. The van der Waals surface area contributed by atoms with Gasteiger partial charge >= 0.3 is 0 Å². The summed E-state index contributed by atoms with van der Waals surface area (Å²) in [4.78, 5) is 18.3. The summed E-state index contributed by atoms with van der Waals surface area (Å²) >= 11 is 1.66. The largest absolute Gasteiger partial charge is 0.497 e. The van der Waals surface area contributed by atoms with Crippen molar-refractivity contribution in [2.24, 2.45) is 0 Å². The molecule has 1 saturated heterocycles. The summed E-state index contributed by atoms with van der Waals surface area (Å²) in [6.07, 6.45) is 1.03. The van der Waals surface area contributed by atoms with Gasteiger partial charge in [-0.15, -0.1) is 0 Å². The molecule has 0 unspecified atom stereocenters. The van der Waals surface area contributed by atoms with Gasteiger partial charge in [0.05, 0.1) is 13.7 Å². The van der Waals surface area contributed by atoms with Crippen LogP contribution < -0.4 is 9.64 Å². The number of carbonyl (C=O) groups is 1. The van der Waals surface area contributed by atoms with Crippen molar-refractivity contribution in [3.63, 3.8) is 0 Å². The summed E-state index contributed by atoms with van der Waals surface area (Å²) in [7, 11) is 1.62. The average molecular weight is 416 g/mol. The predicted octanol–water partition coefficient (Wildman–Crippen LogP) is 3.55. The van der Waals surface area contributed by atoms with Crippen LogP contribution in [0.3, 0.4) is 0 Å². The Bertz CT molecular complexity index is 854. The molecule has 2 aromatic rings. The van der Waals surface area contributed by atoms with Crippen LogP contribution in [-0.2, 0) is 0 Å². The molecule has 4 rings (SSSR count). The van der Waals surface area contributed by atoms with Gasteiger partial charge in [-0.2, -0.15) is 0 Å². The zero-order valence-corrected chi connectivity index (χ0v) is 17.5. The van der Waals surface area contributed by atoms with Gasteiger partial charge in [0, 0.05) is 48.9 Å². The molecular formula is C22H26FN3O2S. The van der Waals surface area contributed by atoms with Crippen molar-refractivity contribution in [1.82, 2.24) is 9.21 Å². The monoisotopic (exact) mass is 415 g/mol. The SMILES string of the molecule is COc1ccc2c(c1)C(=O)CN(CCCN1CCN(c3ccc(F)cc3)CC1)S2. The lowest BCUT2D eigenvalue weighted by Crippen LogP contribution is -2.47. The Hall–Kier alpha value is -2.09. The number of Topliss-reactive ketones (excluding diaryl/α,β-unsaturated/α-hetero) is 1. The summed E-state index contributed by atoms with van der Waals surface area (Å²) < 4.78 is 20.5. The van der Waals surface area contributed by atoms with Crippen LogP contribution in [-0.4, -0.2) is 67.9 Å². The Kier molecular flexibility index (Phi) is 6.37. The van der Waals surface area contributed by atoms with Gasteiger partial charge in [-0.1, -0.05) is 0 Å². The smallest absolute Gasteiger partial charge is 0.179 e. The zero-order valence-electron chi connectivity index (χ0n) is 16.6. The van der Waals surface area contributed by atoms with E-state index in [9.17, 15) is 9.18 Å². The highest BCUT2D eigenvalue weighted by Gasteiger charge is 2.25. The van der Waals surface area contributed by atoms with E-state index < -0.39 is 0 Å². The number of hydrogen-bond donors (Lipinski definition) is 0. The Labute approximate surface area is 175 Å². The normalized spacial score (nSPS) is 18.0. The van der Waals surface area contributed by atoms with Gasteiger partial charge in [0.2, 0.25) is 0 Å². The Balaban J connectivity index is 1.22. The minimum atomic E-state index is -0.191. The number of anilines is 1. The minimum Gasteiger partial charge on any atom is -0.497 e. The number of fused-ring (bicyclic) bond motifs is 1. The second-order valence-corrected chi connectivity index (χ2v) is 8.54.